The van der Waals surface area contributed by atoms with Crippen molar-refractivity contribution in [2.75, 3.05) is 32.1 Å². The molecule has 1 aliphatic heterocycles. The van der Waals surface area contributed by atoms with E-state index in [-0.39, 0.29) is 74.2 Å². The molecule has 1 aromatic heterocycles. The number of nitrogens with zero attached hydrogens (tertiary/aromatic N) is 3. The Morgan fingerprint density at radius 1 is 0.934 bits per heavy atom. The van der Waals surface area contributed by atoms with Gasteiger partial charge in [0.25, 0.3) is 11.8 Å². The largest absolute Gasteiger partial charge is 0.455 e. The van der Waals surface area contributed by atoms with Crippen molar-refractivity contribution < 1.29 is 53.3 Å². The Hall–Kier alpha value is -5.26. The fraction of sp³-hybridized carbons (Fsp3) is 0.704. The van der Waals surface area contributed by atoms with E-state index in [1.54, 1.807) is 57.3 Å². The van der Waals surface area contributed by atoms with Crippen LogP contribution in [0, 0.1) is 23.2 Å². The van der Waals surface area contributed by atoms with Crippen LogP contribution in [0.4, 0.5) is 10.5 Å². The number of esters is 1. The highest BCUT2D eigenvalue weighted by Crippen LogP contribution is 2.33. The topological polar surface area (TPSA) is 310 Å². The molecule has 1 aliphatic rings. The third-order valence-corrected chi connectivity index (χ3v) is 15.0. The number of aliphatic hydroxyl groups excluding tert-OH is 1. The minimum atomic E-state index is -1.72. The van der Waals surface area contributed by atoms with E-state index in [1.165, 1.54) is 12.0 Å². The van der Waals surface area contributed by atoms with Crippen LogP contribution in [0.15, 0.2) is 29.6 Å². The molecule has 0 saturated carbocycles. The number of carbonyl (C=O) groups excluding carboxylic acids is 7. The molecular formula is C54H90N10O11S. The van der Waals surface area contributed by atoms with Crippen molar-refractivity contribution in [3.8, 4) is 0 Å². The molecule has 11 N–H and O–H groups in total. The first kappa shape index (κ1) is 65.0. The minimum Gasteiger partial charge on any atom is -0.455 e. The molecule has 0 spiro atoms. The standard InChI is InChI=1S/C54H90N10O11S/c1-12-14-17-27-74-64(51(70)45(34(7)13-2)62-48(68)41-20-15-16-26-63(41)11)42(32(3)4)29-43(75-35(8)65)50-61-40(31-76-50)47(67)59-38(30-54(9,10)52(71)72)28-36-21-23-37(24-22-36)58-46(66)39(19-18-25-57-53(56)73)60-49(69)44(55)33(5)6/h21-24,31-34,38-39,41-45,52,71-72H,12-20,25-30,55H2,1-11H3,(H,58,66)(H,59,67)(H,60,69)(H,62,68)(H3,56,57,73)/t34-,38-,39?,41+,42+,43+,44-,45-/m0/s1. The fourth-order valence-electron chi connectivity index (χ4n) is 8.88. The van der Waals surface area contributed by atoms with Gasteiger partial charge in [-0.3, -0.25) is 38.5 Å². The van der Waals surface area contributed by atoms with Crippen LogP contribution >= 0.6 is 11.3 Å². The van der Waals surface area contributed by atoms with Crippen molar-refractivity contribution in [2.45, 2.75) is 195 Å². The highest BCUT2D eigenvalue weighted by molar-refractivity contribution is 7.09. The van der Waals surface area contributed by atoms with Crippen LogP contribution in [0.2, 0.25) is 0 Å². The number of nitrogens with one attached hydrogen (secondary N) is 5. The number of unbranched alkanes of at least 4 members (excludes halogenated alkanes) is 2. The van der Waals surface area contributed by atoms with E-state index in [0.29, 0.717) is 36.4 Å². The van der Waals surface area contributed by atoms with Gasteiger partial charge in [0, 0.05) is 42.4 Å². The Balaban J connectivity index is 1.90. The first-order valence-corrected chi connectivity index (χ1v) is 27.9. The normalized spacial score (nSPS) is 16.9. The fourth-order valence-corrected chi connectivity index (χ4v) is 9.72. The third kappa shape index (κ3) is 20.9. The third-order valence-electron chi connectivity index (χ3n) is 14.0. The first-order valence-electron chi connectivity index (χ1n) is 27.0. The van der Waals surface area contributed by atoms with Crippen molar-refractivity contribution in [3.63, 3.8) is 0 Å². The van der Waals surface area contributed by atoms with Crippen LogP contribution in [0.5, 0.6) is 0 Å². The number of benzene rings is 1. The lowest BCUT2D eigenvalue weighted by molar-refractivity contribution is -0.213. The number of aliphatic hydroxyl groups is 2. The van der Waals surface area contributed by atoms with Crippen LogP contribution in [0.1, 0.15) is 167 Å². The molecule has 22 heteroatoms. The lowest BCUT2D eigenvalue weighted by Gasteiger charge is -2.39. The molecule has 0 bridgehead atoms. The van der Waals surface area contributed by atoms with Crippen LogP contribution in [0.3, 0.4) is 0 Å². The minimum absolute atomic E-state index is 0.0287. The maximum Gasteiger partial charge on any atom is 0.312 e. The number of hydrogen-bond donors (Lipinski definition) is 9. The zero-order chi connectivity index (χ0) is 56.9. The molecule has 1 fully saturated rings. The van der Waals surface area contributed by atoms with Gasteiger partial charge in [0.05, 0.1) is 24.7 Å². The smallest absolute Gasteiger partial charge is 0.312 e. The second-order valence-electron chi connectivity index (χ2n) is 21.7. The number of likely N-dealkylation sites (tertiary alicyclic amines) is 1. The number of carbonyl (C=O) groups is 7. The molecule has 2 heterocycles. The Morgan fingerprint density at radius 3 is 2.20 bits per heavy atom. The number of anilines is 1. The summed E-state index contributed by atoms with van der Waals surface area (Å²) in [6.07, 6.45) is 3.94. The zero-order valence-corrected chi connectivity index (χ0v) is 47.6. The van der Waals surface area contributed by atoms with Crippen molar-refractivity contribution >= 4 is 58.6 Å². The molecule has 76 heavy (non-hydrogen) atoms. The van der Waals surface area contributed by atoms with Crippen LogP contribution in [-0.4, -0.2) is 136 Å². The highest BCUT2D eigenvalue weighted by Gasteiger charge is 2.40. The number of urea groups is 1. The van der Waals surface area contributed by atoms with Gasteiger partial charge in [-0.1, -0.05) is 100 Å². The number of hydroxylamine groups is 2. The van der Waals surface area contributed by atoms with Gasteiger partial charge in [-0.25, -0.2) is 14.8 Å². The molecule has 0 aliphatic carbocycles. The lowest BCUT2D eigenvalue weighted by Crippen LogP contribution is -2.58. The molecule has 21 nitrogen and oxygen atoms in total. The van der Waals surface area contributed by atoms with E-state index in [2.05, 4.69) is 38.5 Å². The molecule has 8 atom stereocenters. The number of likely N-dealkylation sites (N-methyl/N-ethyl adjacent to an activating group) is 1. The maximum absolute atomic E-state index is 14.9. The molecule has 1 unspecified atom stereocenters. The molecule has 0 radical (unpaired) electrons. The summed E-state index contributed by atoms with van der Waals surface area (Å²) in [5, 5.41) is 38.0. The quantitative estimate of drug-likeness (QED) is 0.0201. The Morgan fingerprint density at radius 2 is 1.62 bits per heavy atom. The molecule has 1 saturated heterocycles. The number of nitrogens with two attached hydrogens (primary N) is 2. The summed E-state index contributed by atoms with van der Waals surface area (Å²) in [6, 6.07) is 1.73. The molecule has 428 valence electrons. The van der Waals surface area contributed by atoms with E-state index in [9.17, 15) is 43.8 Å². The van der Waals surface area contributed by atoms with Gasteiger partial charge in [-0.05, 0) is 94.0 Å². The summed E-state index contributed by atoms with van der Waals surface area (Å²) in [7, 11) is 1.92. The highest BCUT2D eigenvalue weighted by atomic mass is 32.1. The number of primary amides is 1. The number of rotatable bonds is 32. The van der Waals surface area contributed by atoms with Crippen molar-refractivity contribution in [1.29, 1.82) is 0 Å². The SMILES string of the molecule is CCCCCON(C(=O)[C@@H](NC(=O)[C@H]1CCCCN1C)[C@@H](C)CC)[C@H](C[C@@H](OC(C)=O)c1nc(C(=O)N[C@@H](Cc2ccc(NC(=O)C(CCCNC(N)=O)NC(=O)[C@@H](N)C(C)C)cc2)CC(C)(C)C(O)O)cs1)C(C)C. The Kier molecular flexibility index (Phi) is 27.2. The predicted molar refractivity (Wildman–Crippen MR) is 292 cm³/mol. The summed E-state index contributed by atoms with van der Waals surface area (Å²) in [5.74, 6) is -3.41. The summed E-state index contributed by atoms with van der Waals surface area (Å²) in [6.45, 7) is 19.2. The Bertz CT molecular complexity index is 2170. The summed E-state index contributed by atoms with van der Waals surface area (Å²) >= 11 is 1.11. The molecule has 7 amide bonds. The van der Waals surface area contributed by atoms with Crippen LogP contribution < -0.4 is 38.1 Å². The molecule has 2 aromatic rings. The van der Waals surface area contributed by atoms with Gasteiger partial charge in [-0.15, -0.1) is 11.3 Å². The van der Waals surface area contributed by atoms with Crippen molar-refractivity contribution in [1.82, 2.24) is 36.2 Å². The summed E-state index contributed by atoms with van der Waals surface area (Å²) < 4.78 is 5.92. The van der Waals surface area contributed by atoms with Gasteiger partial charge < -0.3 is 53.0 Å². The van der Waals surface area contributed by atoms with Gasteiger partial charge in [0.1, 0.15) is 22.8 Å². The summed E-state index contributed by atoms with van der Waals surface area (Å²) in [4.78, 5) is 106. The van der Waals surface area contributed by atoms with E-state index in [1.807, 2.05) is 39.6 Å². The zero-order valence-electron chi connectivity index (χ0n) is 46.8. The number of hydrogen-bond acceptors (Lipinski definition) is 15. The van der Waals surface area contributed by atoms with E-state index >= 15 is 0 Å². The van der Waals surface area contributed by atoms with E-state index < -0.39 is 83.6 Å². The number of thiazole rings is 1. The second kappa shape index (κ2) is 31.8. The second-order valence-corrected chi connectivity index (χ2v) is 22.6. The lowest BCUT2D eigenvalue weighted by atomic mass is 9.83. The average Bonchev–Trinajstić information content (AvgIpc) is 3.86. The maximum atomic E-state index is 14.9. The van der Waals surface area contributed by atoms with E-state index in [0.717, 1.165) is 49.1 Å². The number of piperidine rings is 1. The van der Waals surface area contributed by atoms with Crippen molar-refractivity contribution in [2.24, 2.45) is 34.6 Å². The van der Waals surface area contributed by atoms with Crippen LogP contribution in [-0.2, 0) is 40.0 Å². The van der Waals surface area contributed by atoms with Crippen molar-refractivity contribution in [3.05, 3.63) is 45.9 Å². The number of ether oxygens (including phenoxy) is 1. The van der Waals surface area contributed by atoms with Gasteiger partial charge >= 0.3 is 12.0 Å². The first-order chi connectivity index (χ1) is 35.8. The average molecular weight is 1090 g/mol. The molecule has 1 aromatic carbocycles. The van der Waals surface area contributed by atoms with Gasteiger partial charge in [-0.2, -0.15) is 0 Å². The number of amides is 7. The molecular weight excluding hydrogens is 997 g/mol. The summed E-state index contributed by atoms with van der Waals surface area (Å²) in [5.41, 5.74) is 11.3. The van der Waals surface area contributed by atoms with E-state index in [4.69, 9.17) is 21.0 Å². The van der Waals surface area contributed by atoms with Gasteiger partial charge in [0.2, 0.25) is 17.7 Å². The molecule has 3 rings (SSSR count). The predicted octanol–water partition coefficient (Wildman–Crippen LogP) is 5.05. The number of aromatic nitrogens is 1. The van der Waals surface area contributed by atoms with Crippen LogP contribution in [0.25, 0.3) is 0 Å². The monoisotopic (exact) mass is 1090 g/mol. The Labute approximate surface area is 454 Å². The van der Waals surface area contributed by atoms with Gasteiger partial charge in [0.15, 0.2) is 12.4 Å².